The molecule has 1 aromatic carbocycles. The summed E-state index contributed by atoms with van der Waals surface area (Å²) in [5.41, 5.74) is 3.39. The van der Waals surface area contributed by atoms with Crippen molar-refractivity contribution in [3.63, 3.8) is 0 Å². The van der Waals surface area contributed by atoms with Gasteiger partial charge in [0.2, 0.25) is 5.91 Å². The number of amides is 1. The fraction of sp³-hybridized carbons (Fsp3) is 0.375. The number of aryl methyl sites for hydroxylation is 2. The molecular weight excluding hydrogens is 238 g/mol. The van der Waals surface area contributed by atoms with Crippen molar-refractivity contribution in [1.29, 1.82) is 0 Å². The van der Waals surface area contributed by atoms with E-state index in [1.807, 2.05) is 18.2 Å². The highest BCUT2D eigenvalue weighted by Crippen LogP contribution is 2.23. The van der Waals surface area contributed by atoms with E-state index in [0.29, 0.717) is 6.54 Å². The first kappa shape index (κ1) is 13.5. The average Bonchev–Trinajstić information content (AvgIpc) is 2.89. The molecule has 1 aliphatic carbocycles. The molecule has 0 unspecified atom stereocenters. The van der Waals surface area contributed by atoms with Gasteiger partial charge in [0, 0.05) is 24.9 Å². The molecule has 0 heterocycles. The molecule has 0 atom stereocenters. The van der Waals surface area contributed by atoms with Crippen LogP contribution in [0.25, 0.3) is 0 Å². The van der Waals surface area contributed by atoms with Gasteiger partial charge in [-0.15, -0.1) is 6.58 Å². The minimum atomic E-state index is -0.102. The van der Waals surface area contributed by atoms with E-state index >= 15 is 0 Å². The lowest BCUT2D eigenvalue weighted by atomic mass is 10.0. The molecule has 0 aromatic heterocycles. The van der Waals surface area contributed by atoms with Gasteiger partial charge in [0.05, 0.1) is 0 Å². The Kier molecular flexibility index (Phi) is 4.50. The van der Waals surface area contributed by atoms with Gasteiger partial charge in [-0.3, -0.25) is 9.59 Å². The number of hydrogen-bond acceptors (Lipinski definition) is 2. The monoisotopic (exact) mass is 257 g/mol. The summed E-state index contributed by atoms with van der Waals surface area (Å²) in [7, 11) is 0. The second-order valence-corrected chi connectivity index (χ2v) is 4.85. The molecule has 0 bridgehead atoms. The van der Waals surface area contributed by atoms with Gasteiger partial charge in [-0.2, -0.15) is 0 Å². The van der Waals surface area contributed by atoms with Gasteiger partial charge in [0.1, 0.15) is 0 Å². The zero-order chi connectivity index (χ0) is 13.7. The van der Waals surface area contributed by atoms with E-state index in [1.54, 1.807) is 6.08 Å². The van der Waals surface area contributed by atoms with Gasteiger partial charge in [-0.05, 0) is 36.5 Å². The molecule has 1 N–H and O–H groups in total. The molecular formula is C16H19NO2. The first-order valence-electron chi connectivity index (χ1n) is 6.73. The smallest absolute Gasteiger partial charge is 0.220 e. The van der Waals surface area contributed by atoms with Crippen LogP contribution in [0.2, 0.25) is 0 Å². The molecule has 3 nitrogen and oxygen atoms in total. The second-order valence-electron chi connectivity index (χ2n) is 4.85. The largest absolute Gasteiger partial charge is 0.353 e. The Bertz CT molecular complexity index is 505. The predicted octanol–water partition coefficient (Wildman–Crippen LogP) is 2.44. The second kappa shape index (κ2) is 6.32. The number of rotatable bonds is 6. The molecule has 0 radical (unpaired) electrons. The summed E-state index contributed by atoms with van der Waals surface area (Å²) in [6.45, 7) is 3.98. The van der Waals surface area contributed by atoms with Crippen LogP contribution in [-0.4, -0.2) is 18.2 Å². The number of ketones is 1. The molecule has 2 rings (SSSR count). The lowest BCUT2D eigenvalue weighted by Gasteiger charge is -2.05. The van der Waals surface area contributed by atoms with E-state index < -0.39 is 0 Å². The Hall–Kier alpha value is -1.90. The summed E-state index contributed by atoms with van der Waals surface area (Å²) >= 11 is 0. The summed E-state index contributed by atoms with van der Waals surface area (Å²) in [5, 5.41) is 2.67. The predicted molar refractivity (Wildman–Crippen MR) is 75.2 cm³/mol. The molecule has 1 aliphatic rings. The first-order valence-corrected chi connectivity index (χ1v) is 6.73. The van der Waals surface area contributed by atoms with Gasteiger partial charge >= 0.3 is 0 Å². The van der Waals surface area contributed by atoms with Crippen molar-refractivity contribution in [2.45, 2.75) is 32.1 Å². The molecule has 0 spiro atoms. The Morgan fingerprint density at radius 2 is 2.00 bits per heavy atom. The highest BCUT2D eigenvalue weighted by Gasteiger charge is 2.14. The van der Waals surface area contributed by atoms with Crippen molar-refractivity contribution < 1.29 is 9.59 Å². The van der Waals surface area contributed by atoms with Crippen LogP contribution >= 0.6 is 0 Å². The molecule has 0 aliphatic heterocycles. The van der Waals surface area contributed by atoms with E-state index in [9.17, 15) is 9.59 Å². The Morgan fingerprint density at radius 3 is 2.79 bits per heavy atom. The molecule has 0 fully saturated rings. The van der Waals surface area contributed by atoms with Crippen molar-refractivity contribution in [2.24, 2.45) is 0 Å². The van der Waals surface area contributed by atoms with Crippen molar-refractivity contribution in [2.75, 3.05) is 6.54 Å². The summed E-state index contributed by atoms with van der Waals surface area (Å²) in [6.07, 6.45) is 5.49. The number of Topliss-reactive ketones (excluding diaryl/α,β-unsaturated/α-hetero) is 1. The minimum absolute atomic E-state index is 0.0449. The Labute approximate surface area is 113 Å². The van der Waals surface area contributed by atoms with Crippen LogP contribution in [0.5, 0.6) is 0 Å². The summed E-state index contributed by atoms with van der Waals surface area (Å²) in [5.74, 6) is -0.0575. The van der Waals surface area contributed by atoms with E-state index in [-0.39, 0.29) is 24.5 Å². The van der Waals surface area contributed by atoms with Crippen molar-refractivity contribution in [1.82, 2.24) is 5.32 Å². The maximum absolute atomic E-state index is 12.0. The molecule has 0 saturated carbocycles. The van der Waals surface area contributed by atoms with E-state index in [4.69, 9.17) is 0 Å². The standard InChI is InChI=1S/C16H19NO2/c1-2-10-17-16(19)9-8-15(18)14-7-6-12-4-3-5-13(12)11-14/h2,6-7,11H,1,3-5,8-10H2,(H,17,19). The van der Waals surface area contributed by atoms with Crippen LogP contribution in [0.4, 0.5) is 0 Å². The quantitative estimate of drug-likeness (QED) is 0.628. The molecule has 1 amide bonds. The van der Waals surface area contributed by atoms with Crippen LogP contribution in [0.1, 0.15) is 40.7 Å². The number of benzene rings is 1. The molecule has 1 aromatic rings. The zero-order valence-electron chi connectivity index (χ0n) is 11.1. The summed E-state index contributed by atoms with van der Waals surface area (Å²) in [4.78, 5) is 23.4. The third-order valence-corrected chi connectivity index (χ3v) is 3.44. The van der Waals surface area contributed by atoms with Gasteiger partial charge in [-0.1, -0.05) is 18.2 Å². The third kappa shape index (κ3) is 3.53. The van der Waals surface area contributed by atoms with Gasteiger partial charge in [-0.25, -0.2) is 0 Å². The zero-order valence-corrected chi connectivity index (χ0v) is 11.1. The van der Waals surface area contributed by atoms with Crippen LogP contribution < -0.4 is 5.32 Å². The number of nitrogens with one attached hydrogen (secondary N) is 1. The average molecular weight is 257 g/mol. The maximum Gasteiger partial charge on any atom is 0.220 e. The molecule has 3 heteroatoms. The van der Waals surface area contributed by atoms with Crippen LogP contribution in [0.15, 0.2) is 30.9 Å². The minimum Gasteiger partial charge on any atom is -0.353 e. The first-order chi connectivity index (χ1) is 9.20. The van der Waals surface area contributed by atoms with E-state index in [0.717, 1.165) is 18.4 Å². The molecule has 0 saturated heterocycles. The third-order valence-electron chi connectivity index (χ3n) is 3.44. The summed E-state index contributed by atoms with van der Waals surface area (Å²) < 4.78 is 0. The van der Waals surface area contributed by atoms with Crippen molar-refractivity contribution in [3.05, 3.63) is 47.5 Å². The van der Waals surface area contributed by atoms with Gasteiger partial charge in [0.25, 0.3) is 0 Å². The van der Waals surface area contributed by atoms with Gasteiger partial charge < -0.3 is 5.32 Å². The Balaban J connectivity index is 1.89. The van der Waals surface area contributed by atoms with E-state index in [2.05, 4.69) is 11.9 Å². The normalized spacial score (nSPS) is 12.8. The summed E-state index contributed by atoms with van der Waals surface area (Å²) in [6, 6.07) is 5.92. The maximum atomic E-state index is 12.0. The van der Waals surface area contributed by atoms with Crippen LogP contribution in [-0.2, 0) is 17.6 Å². The Morgan fingerprint density at radius 1 is 1.21 bits per heavy atom. The number of fused-ring (bicyclic) bond motifs is 1. The molecule has 19 heavy (non-hydrogen) atoms. The fourth-order valence-electron chi connectivity index (χ4n) is 2.39. The fourth-order valence-corrected chi connectivity index (χ4v) is 2.39. The number of carbonyl (C=O) groups excluding carboxylic acids is 2. The van der Waals surface area contributed by atoms with E-state index in [1.165, 1.54) is 17.5 Å². The number of hydrogen-bond donors (Lipinski definition) is 1. The lowest BCUT2D eigenvalue weighted by Crippen LogP contribution is -2.23. The lowest BCUT2D eigenvalue weighted by molar-refractivity contribution is -0.120. The SMILES string of the molecule is C=CCNC(=O)CCC(=O)c1ccc2c(c1)CCC2. The van der Waals surface area contributed by atoms with Gasteiger partial charge in [0.15, 0.2) is 5.78 Å². The van der Waals surface area contributed by atoms with Crippen LogP contribution in [0, 0.1) is 0 Å². The molecule has 100 valence electrons. The van der Waals surface area contributed by atoms with Crippen molar-refractivity contribution in [3.8, 4) is 0 Å². The van der Waals surface area contributed by atoms with Crippen molar-refractivity contribution >= 4 is 11.7 Å². The highest BCUT2D eigenvalue weighted by atomic mass is 16.2. The highest BCUT2D eigenvalue weighted by molar-refractivity contribution is 5.98. The number of carbonyl (C=O) groups is 2. The van der Waals surface area contributed by atoms with Crippen LogP contribution in [0.3, 0.4) is 0 Å². The topological polar surface area (TPSA) is 46.2 Å².